The van der Waals surface area contributed by atoms with Crippen molar-refractivity contribution in [2.24, 2.45) is 0 Å². The zero-order valence-corrected chi connectivity index (χ0v) is 11.2. The molecule has 0 spiro atoms. The molecule has 21 heavy (non-hydrogen) atoms. The van der Waals surface area contributed by atoms with Gasteiger partial charge in [-0.3, -0.25) is 4.79 Å². The third-order valence-electron chi connectivity index (χ3n) is 3.00. The number of carbonyl (C=O) groups excluding carboxylic acids is 1. The van der Waals surface area contributed by atoms with Gasteiger partial charge in [-0.25, -0.2) is 4.79 Å². The summed E-state index contributed by atoms with van der Waals surface area (Å²) in [5.41, 5.74) is 1.85. The van der Waals surface area contributed by atoms with E-state index in [0.717, 1.165) is 5.56 Å². The summed E-state index contributed by atoms with van der Waals surface area (Å²) in [6.45, 7) is 1.93. The number of aryl methyl sites for hydroxylation is 1. The minimum atomic E-state index is -1.08. The van der Waals surface area contributed by atoms with Crippen LogP contribution >= 0.6 is 0 Å². The molecule has 0 aromatic heterocycles. The number of carboxylic acids is 1. The number of carboxylic acid groups (broad SMARTS) is 1. The molecule has 0 amide bonds. The SMILES string of the molecule is COc1ccc(C(=O)O)cc1C(=O)c1ccc(C)cc1.[NaH]. The molecule has 0 saturated heterocycles. The van der Waals surface area contributed by atoms with Crippen molar-refractivity contribution in [1.82, 2.24) is 0 Å². The van der Waals surface area contributed by atoms with Crippen LogP contribution in [0.5, 0.6) is 5.75 Å². The molecule has 104 valence electrons. The summed E-state index contributed by atoms with van der Waals surface area (Å²) in [6.07, 6.45) is 0. The van der Waals surface area contributed by atoms with E-state index < -0.39 is 5.97 Å². The topological polar surface area (TPSA) is 63.6 Å². The first-order chi connectivity index (χ1) is 9.52. The Morgan fingerprint density at radius 2 is 1.57 bits per heavy atom. The number of hydrogen-bond donors (Lipinski definition) is 1. The Balaban J connectivity index is 0.00000220. The second-order valence-electron chi connectivity index (χ2n) is 4.42. The Bertz CT molecular complexity index is 662. The van der Waals surface area contributed by atoms with E-state index in [9.17, 15) is 9.59 Å². The van der Waals surface area contributed by atoms with Gasteiger partial charge in [-0.2, -0.15) is 0 Å². The molecular weight excluding hydrogens is 279 g/mol. The van der Waals surface area contributed by atoms with Gasteiger partial charge in [-0.15, -0.1) is 0 Å². The standard InChI is InChI=1S/C16H14O4.Na.H/c1-10-3-5-11(6-4-10)15(17)13-9-12(16(18)19)7-8-14(13)20-2;;/h3-9H,1-2H3,(H,18,19);;. The maximum absolute atomic E-state index is 12.4. The van der Waals surface area contributed by atoms with E-state index in [4.69, 9.17) is 9.84 Å². The second-order valence-corrected chi connectivity index (χ2v) is 4.42. The van der Waals surface area contributed by atoms with Gasteiger partial charge in [-0.05, 0) is 25.1 Å². The van der Waals surface area contributed by atoms with Gasteiger partial charge in [0.25, 0.3) is 0 Å². The van der Waals surface area contributed by atoms with Crippen molar-refractivity contribution in [3.8, 4) is 5.75 Å². The number of ketones is 1. The van der Waals surface area contributed by atoms with E-state index in [-0.39, 0.29) is 46.5 Å². The van der Waals surface area contributed by atoms with Gasteiger partial charge in [0.2, 0.25) is 0 Å². The van der Waals surface area contributed by atoms with E-state index in [1.165, 1.54) is 25.3 Å². The molecule has 2 aromatic carbocycles. The van der Waals surface area contributed by atoms with Gasteiger partial charge in [-0.1, -0.05) is 29.8 Å². The molecule has 0 aliphatic rings. The first kappa shape index (κ1) is 17.4. The van der Waals surface area contributed by atoms with Gasteiger partial charge in [0.05, 0.1) is 18.2 Å². The van der Waals surface area contributed by atoms with Gasteiger partial charge in [0, 0.05) is 5.56 Å². The van der Waals surface area contributed by atoms with Gasteiger partial charge < -0.3 is 9.84 Å². The second kappa shape index (κ2) is 7.41. The molecule has 0 saturated carbocycles. The zero-order chi connectivity index (χ0) is 14.7. The summed E-state index contributed by atoms with van der Waals surface area (Å²) in [5.74, 6) is -0.976. The first-order valence-corrected chi connectivity index (χ1v) is 6.05. The number of hydrogen-bond acceptors (Lipinski definition) is 3. The van der Waals surface area contributed by atoms with E-state index in [1.807, 2.05) is 19.1 Å². The zero-order valence-electron chi connectivity index (χ0n) is 11.2. The number of methoxy groups -OCH3 is 1. The quantitative estimate of drug-likeness (QED) is 0.694. The number of benzene rings is 2. The van der Waals surface area contributed by atoms with Crippen LogP contribution in [-0.2, 0) is 0 Å². The molecule has 0 radical (unpaired) electrons. The Hall–Kier alpha value is -1.62. The maximum atomic E-state index is 12.4. The third-order valence-corrected chi connectivity index (χ3v) is 3.00. The van der Waals surface area contributed by atoms with Gasteiger partial charge in [0.15, 0.2) is 5.78 Å². The first-order valence-electron chi connectivity index (χ1n) is 6.05. The Morgan fingerprint density at radius 1 is 1.00 bits per heavy atom. The van der Waals surface area contributed by atoms with Crippen LogP contribution in [0.2, 0.25) is 0 Å². The predicted molar refractivity (Wildman–Crippen MR) is 81.7 cm³/mol. The molecule has 0 heterocycles. The van der Waals surface area contributed by atoms with E-state index in [1.54, 1.807) is 12.1 Å². The Labute approximate surface area is 145 Å². The molecule has 0 atom stereocenters. The molecule has 4 nitrogen and oxygen atoms in total. The average Bonchev–Trinajstić information content (AvgIpc) is 2.46. The summed E-state index contributed by atoms with van der Waals surface area (Å²) in [4.78, 5) is 23.4. The predicted octanol–water partition coefficient (Wildman–Crippen LogP) is 2.28. The molecule has 0 fully saturated rings. The van der Waals surface area contributed by atoms with Gasteiger partial charge >= 0.3 is 35.5 Å². The van der Waals surface area contributed by atoms with Crippen molar-refractivity contribution < 1.29 is 19.4 Å². The monoisotopic (exact) mass is 294 g/mol. The minimum absolute atomic E-state index is 0. The number of aromatic carboxylic acids is 1. The van der Waals surface area contributed by atoms with E-state index >= 15 is 0 Å². The molecule has 1 N–H and O–H groups in total. The van der Waals surface area contributed by atoms with Crippen LogP contribution in [0, 0.1) is 6.92 Å². The third kappa shape index (κ3) is 3.94. The molecule has 0 bridgehead atoms. The van der Waals surface area contributed by atoms with Crippen molar-refractivity contribution in [3.63, 3.8) is 0 Å². The molecule has 0 aliphatic heterocycles. The summed E-state index contributed by atoms with van der Waals surface area (Å²) in [6, 6.07) is 11.3. The van der Waals surface area contributed by atoms with Crippen LogP contribution in [-0.4, -0.2) is 53.5 Å². The fourth-order valence-electron chi connectivity index (χ4n) is 1.88. The van der Waals surface area contributed by atoms with Crippen LogP contribution < -0.4 is 4.74 Å². The molecule has 2 aromatic rings. The van der Waals surface area contributed by atoms with Crippen LogP contribution in [0.15, 0.2) is 42.5 Å². The van der Waals surface area contributed by atoms with E-state index in [2.05, 4.69) is 0 Å². The normalized spacial score (nSPS) is 9.62. The summed E-state index contributed by atoms with van der Waals surface area (Å²) in [5, 5.41) is 9.01. The fraction of sp³-hybridized carbons (Fsp3) is 0.125. The Kier molecular flexibility index (Phi) is 6.15. The van der Waals surface area contributed by atoms with Crippen molar-refractivity contribution in [2.45, 2.75) is 6.92 Å². The fourth-order valence-corrected chi connectivity index (χ4v) is 1.88. The average molecular weight is 294 g/mol. The van der Waals surface area contributed by atoms with Crippen molar-refractivity contribution in [3.05, 3.63) is 64.7 Å². The van der Waals surface area contributed by atoms with Crippen molar-refractivity contribution in [2.75, 3.05) is 7.11 Å². The number of carbonyl (C=O) groups is 2. The summed E-state index contributed by atoms with van der Waals surface area (Å²) < 4.78 is 5.13. The van der Waals surface area contributed by atoms with Crippen LogP contribution in [0.25, 0.3) is 0 Å². The summed E-state index contributed by atoms with van der Waals surface area (Å²) >= 11 is 0. The van der Waals surface area contributed by atoms with Crippen molar-refractivity contribution >= 4 is 41.3 Å². The van der Waals surface area contributed by atoms with Crippen LogP contribution in [0.4, 0.5) is 0 Å². The molecule has 2 rings (SSSR count). The van der Waals surface area contributed by atoms with Gasteiger partial charge in [0.1, 0.15) is 5.75 Å². The number of rotatable bonds is 4. The van der Waals surface area contributed by atoms with E-state index in [0.29, 0.717) is 11.3 Å². The molecular formula is C16H15NaO4. The van der Waals surface area contributed by atoms with Crippen LogP contribution in [0.3, 0.4) is 0 Å². The molecule has 0 aliphatic carbocycles. The summed E-state index contributed by atoms with van der Waals surface area (Å²) in [7, 11) is 1.45. The van der Waals surface area contributed by atoms with Crippen LogP contribution in [0.1, 0.15) is 31.8 Å². The molecule has 0 unspecified atom stereocenters. The Morgan fingerprint density at radius 3 is 2.10 bits per heavy atom. The number of ether oxygens (including phenoxy) is 1. The van der Waals surface area contributed by atoms with Crippen molar-refractivity contribution in [1.29, 1.82) is 0 Å². The molecule has 5 heteroatoms.